The van der Waals surface area contributed by atoms with Crippen LogP contribution in [0.5, 0.6) is 0 Å². The molecule has 7 nitrogen and oxygen atoms in total. The summed E-state index contributed by atoms with van der Waals surface area (Å²) in [4.78, 5) is 27.5. The van der Waals surface area contributed by atoms with Crippen LogP contribution in [0, 0.1) is 0 Å². The van der Waals surface area contributed by atoms with Gasteiger partial charge in [-0.2, -0.15) is 0 Å². The first kappa shape index (κ1) is 22.8. The molecule has 7 heteroatoms. The number of hydroxylamine groups is 2. The smallest absolute Gasteiger partial charge is 0.260 e. The Kier molecular flexibility index (Phi) is 6.97. The van der Waals surface area contributed by atoms with Crippen LogP contribution in [0.4, 0.5) is 11.4 Å². The molecule has 0 atom stereocenters. The largest absolute Gasteiger partial charge is 0.356 e. The van der Waals surface area contributed by atoms with E-state index >= 15 is 0 Å². The van der Waals surface area contributed by atoms with Crippen molar-refractivity contribution in [1.29, 1.82) is 0 Å². The maximum atomic E-state index is 12.3. The summed E-state index contributed by atoms with van der Waals surface area (Å²) in [5, 5.41) is 14.2. The molecule has 0 aromatic heterocycles. The summed E-state index contributed by atoms with van der Waals surface area (Å²) < 4.78 is 0. The molecule has 1 aliphatic rings. The standard InChI is InChI=1S/C24H32N4O3/c1-24(2,3)19-7-11-21(12-8-19)25-20-9-5-18(6-10-20)15-28(31)23(30)17-27-14-13-26(4)22(29)16-27/h5-12,25,31H,13-17H2,1-4H3. The number of hydrogen-bond donors (Lipinski definition) is 2. The highest BCUT2D eigenvalue weighted by Crippen LogP contribution is 2.25. The van der Waals surface area contributed by atoms with E-state index in [1.165, 1.54) is 5.56 Å². The summed E-state index contributed by atoms with van der Waals surface area (Å²) in [6.07, 6.45) is 0. The Bertz CT molecular complexity index is 904. The summed E-state index contributed by atoms with van der Waals surface area (Å²) in [5.74, 6) is -0.432. The highest BCUT2D eigenvalue weighted by Gasteiger charge is 2.24. The number of anilines is 2. The Morgan fingerprint density at radius 2 is 1.61 bits per heavy atom. The summed E-state index contributed by atoms with van der Waals surface area (Å²) >= 11 is 0. The second kappa shape index (κ2) is 9.49. The average Bonchev–Trinajstić information content (AvgIpc) is 2.72. The van der Waals surface area contributed by atoms with Crippen molar-refractivity contribution in [1.82, 2.24) is 14.9 Å². The van der Waals surface area contributed by atoms with Crippen LogP contribution in [0.1, 0.15) is 31.9 Å². The SMILES string of the molecule is CN1CCN(CC(=O)N(O)Cc2ccc(Nc3ccc(C(C)(C)C)cc3)cc2)CC1=O. The number of carbonyl (C=O) groups is 2. The van der Waals surface area contributed by atoms with Crippen LogP contribution in [0.3, 0.4) is 0 Å². The number of carbonyl (C=O) groups excluding carboxylic acids is 2. The lowest BCUT2D eigenvalue weighted by atomic mass is 9.87. The molecule has 1 aliphatic heterocycles. The third-order valence-corrected chi connectivity index (χ3v) is 5.51. The second-order valence-corrected chi connectivity index (χ2v) is 9.13. The number of nitrogens with zero attached hydrogens (tertiary/aromatic N) is 3. The minimum absolute atomic E-state index is 0.0142. The van der Waals surface area contributed by atoms with Crippen LogP contribution >= 0.6 is 0 Å². The number of nitrogens with one attached hydrogen (secondary N) is 1. The lowest BCUT2D eigenvalue weighted by Crippen LogP contribution is -2.51. The minimum Gasteiger partial charge on any atom is -0.356 e. The molecule has 3 rings (SSSR count). The van der Waals surface area contributed by atoms with Crippen LogP contribution in [0.15, 0.2) is 48.5 Å². The molecule has 0 spiro atoms. The van der Waals surface area contributed by atoms with E-state index in [9.17, 15) is 14.8 Å². The molecule has 0 unspecified atom stereocenters. The van der Waals surface area contributed by atoms with Gasteiger partial charge in [-0.3, -0.25) is 19.7 Å². The van der Waals surface area contributed by atoms with E-state index in [2.05, 4.69) is 50.4 Å². The Labute approximate surface area is 184 Å². The lowest BCUT2D eigenvalue weighted by molar-refractivity contribution is -0.169. The summed E-state index contributed by atoms with van der Waals surface area (Å²) in [5.41, 5.74) is 4.15. The Morgan fingerprint density at radius 1 is 1.03 bits per heavy atom. The van der Waals surface area contributed by atoms with E-state index in [0.29, 0.717) is 13.1 Å². The summed E-state index contributed by atoms with van der Waals surface area (Å²) in [7, 11) is 1.75. The number of amides is 2. The van der Waals surface area contributed by atoms with Gasteiger partial charge in [-0.1, -0.05) is 45.0 Å². The van der Waals surface area contributed by atoms with Gasteiger partial charge in [-0.05, 0) is 40.8 Å². The Morgan fingerprint density at radius 3 is 2.16 bits per heavy atom. The topological polar surface area (TPSA) is 76.1 Å². The zero-order valence-electron chi connectivity index (χ0n) is 18.8. The molecule has 0 bridgehead atoms. The molecule has 0 aliphatic carbocycles. The van der Waals surface area contributed by atoms with Crippen molar-refractivity contribution < 1.29 is 14.8 Å². The second-order valence-electron chi connectivity index (χ2n) is 9.13. The van der Waals surface area contributed by atoms with Crippen molar-refractivity contribution in [2.45, 2.75) is 32.7 Å². The molecule has 31 heavy (non-hydrogen) atoms. The number of hydrogen-bond acceptors (Lipinski definition) is 5. The van der Waals surface area contributed by atoms with Gasteiger partial charge in [-0.25, -0.2) is 5.06 Å². The molecule has 2 N–H and O–H groups in total. The normalized spacial score (nSPS) is 15.1. The third-order valence-electron chi connectivity index (χ3n) is 5.51. The van der Waals surface area contributed by atoms with Crippen LogP contribution in [0.2, 0.25) is 0 Å². The van der Waals surface area contributed by atoms with Crippen molar-refractivity contribution >= 4 is 23.2 Å². The van der Waals surface area contributed by atoms with E-state index < -0.39 is 5.91 Å². The Hall–Kier alpha value is -2.90. The van der Waals surface area contributed by atoms with Gasteiger partial charge in [-0.15, -0.1) is 0 Å². The molecule has 1 fully saturated rings. The van der Waals surface area contributed by atoms with Crippen molar-refractivity contribution in [2.24, 2.45) is 0 Å². The van der Waals surface area contributed by atoms with Gasteiger partial charge < -0.3 is 10.2 Å². The molecule has 2 aromatic rings. The van der Waals surface area contributed by atoms with Crippen LogP contribution < -0.4 is 5.32 Å². The fourth-order valence-electron chi connectivity index (χ4n) is 3.39. The molecule has 1 saturated heterocycles. The maximum absolute atomic E-state index is 12.3. The monoisotopic (exact) mass is 424 g/mol. The van der Waals surface area contributed by atoms with Gasteiger partial charge in [0.25, 0.3) is 5.91 Å². The van der Waals surface area contributed by atoms with E-state index in [1.54, 1.807) is 16.8 Å². The Balaban J connectivity index is 1.51. The van der Waals surface area contributed by atoms with Crippen LogP contribution in [-0.4, -0.2) is 65.1 Å². The molecule has 0 radical (unpaired) electrons. The van der Waals surface area contributed by atoms with Crippen LogP contribution in [0.25, 0.3) is 0 Å². The van der Waals surface area contributed by atoms with E-state index in [0.717, 1.165) is 22.0 Å². The van der Waals surface area contributed by atoms with Crippen molar-refractivity contribution in [3.05, 3.63) is 59.7 Å². The van der Waals surface area contributed by atoms with E-state index in [1.807, 2.05) is 24.3 Å². The highest BCUT2D eigenvalue weighted by molar-refractivity contribution is 5.81. The fraction of sp³-hybridized carbons (Fsp3) is 0.417. The van der Waals surface area contributed by atoms with E-state index in [-0.39, 0.29) is 31.0 Å². The highest BCUT2D eigenvalue weighted by atomic mass is 16.5. The lowest BCUT2D eigenvalue weighted by Gasteiger charge is -2.32. The number of benzene rings is 2. The van der Waals surface area contributed by atoms with E-state index in [4.69, 9.17) is 0 Å². The molecule has 2 aromatic carbocycles. The van der Waals surface area contributed by atoms with Crippen molar-refractivity contribution in [3.8, 4) is 0 Å². The quantitative estimate of drug-likeness (QED) is 0.550. The van der Waals surface area contributed by atoms with Gasteiger partial charge in [0, 0.05) is 31.5 Å². The van der Waals surface area contributed by atoms with Crippen molar-refractivity contribution in [3.63, 3.8) is 0 Å². The van der Waals surface area contributed by atoms with Crippen LogP contribution in [-0.2, 0) is 21.5 Å². The fourth-order valence-corrected chi connectivity index (χ4v) is 3.39. The zero-order valence-corrected chi connectivity index (χ0v) is 18.8. The van der Waals surface area contributed by atoms with Gasteiger partial charge in [0.15, 0.2) is 0 Å². The first-order valence-corrected chi connectivity index (χ1v) is 10.5. The predicted octanol–water partition coefficient (Wildman–Crippen LogP) is 3.22. The number of piperazine rings is 1. The summed E-state index contributed by atoms with van der Waals surface area (Å²) in [6, 6.07) is 16.0. The number of rotatable bonds is 6. The maximum Gasteiger partial charge on any atom is 0.260 e. The first-order chi connectivity index (χ1) is 14.6. The van der Waals surface area contributed by atoms with Gasteiger partial charge in [0.05, 0.1) is 19.6 Å². The molecule has 0 saturated carbocycles. The molecular formula is C24H32N4O3. The van der Waals surface area contributed by atoms with Gasteiger partial charge in [0.1, 0.15) is 0 Å². The minimum atomic E-state index is -0.418. The molecular weight excluding hydrogens is 392 g/mol. The molecule has 166 valence electrons. The summed E-state index contributed by atoms with van der Waals surface area (Å²) in [6.45, 7) is 8.11. The van der Waals surface area contributed by atoms with Gasteiger partial charge in [0.2, 0.25) is 5.91 Å². The molecule has 1 heterocycles. The average molecular weight is 425 g/mol. The third kappa shape index (κ3) is 6.29. The number of likely N-dealkylation sites (N-methyl/N-ethyl adjacent to an activating group) is 1. The zero-order chi connectivity index (χ0) is 22.6. The predicted molar refractivity (Wildman–Crippen MR) is 121 cm³/mol. The van der Waals surface area contributed by atoms with Crippen molar-refractivity contribution in [2.75, 3.05) is 38.5 Å². The first-order valence-electron chi connectivity index (χ1n) is 10.5. The van der Waals surface area contributed by atoms with Gasteiger partial charge >= 0.3 is 0 Å². The molecule has 2 amide bonds.